The van der Waals surface area contributed by atoms with Crippen LogP contribution in [0.25, 0.3) is 0 Å². The quantitative estimate of drug-likeness (QED) is 0.733. The van der Waals surface area contributed by atoms with Crippen molar-refractivity contribution in [2.45, 2.75) is 39.7 Å². The Balaban J connectivity index is 1.66. The maximum absolute atomic E-state index is 11.6. The van der Waals surface area contributed by atoms with E-state index in [2.05, 4.69) is 31.4 Å². The van der Waals surface area contributed by atoms with Gasteiger partial charge in [0.15, 0.2) is 0 Å². The number of carbonyl (C=O) groups excluding carboxylic acids is 1. The van der Waals surface area contributed by atoms with Gasteiger partial charge in [0.05, 0.1) is 0 Å². The van der Waals surface area contributed by atoms with Crippen LogP contribution in [0.4, 0.5) is 0 Å². The van der Waals surface area contributed by atoms with Crippen molar-refractivity contribution in [3.8, 4) is 0 Å². The summed E-state index contributed by atoms with van der Waals surface area (Å²) in [7, 11) is 0. The Hall–Kier alpha value is -0.570. The van der Waals surface area contributed by atoms with Gasteiger partial charge in [-0.15, -0.1) is 0 Å². The van der Waals surface area contributed by atoms with E-state index in [0.29, 0.717) is 12.5 Å². The van der Waals surface area contributed by atoms with Crippen LogP contribution in [0.1, 0.15) is 33.6 Å². The second-order valence-electron chi connectivity index (χ2n) is 6.14. The fraction of sp³-hybridized carbons (Fsp3) is 0.917. The molecule has 1 aliphatic heterocycles. The predicted octanol–water partition coefficient (Wildman–Crippen LogP) is 1.15. The van der Waals surface area contributed by atoms with E-state index in [1.54, 1.807) is 0 Å². The van der Waals surface area contributed by atoms with Gasteiger partial charge >= 0.3 is 0 Å². The SMILES string of the molecule is CC(C)(C)CCC(=O)NC1C2CNCC21. The Morgan fingerprint density at radius 1 is 1.33 bits per heavy atom. The van der Waals surface area contributed by atoms with E-state index >= 15 is 0 Å². The summed E-state index contributed by atoms with van der Waals surface area (Å²) in [6.45, 7) is 8.71. The first kappa shape index (κ1) is 10.9. The minimum atomic E-state index is 0.240. The molecule has 2 rings (SSSR count). The van der Waals surface area contributed by atoms with Crippen LogP contribution in [0.15, 0.2) is 0 Å². The van der Waals surface area contributed by atoms with E-state index in [0.717, 1.165) is 31.3 Å². The summed E-state index contributed by atoms with van der Waals surface area (Å²) >= 11 is 0. The van der Waals surface area contributed by atoms with Gasteiger partial charge in [0.1, 0.15) is 0 Å². The lowest BCUT2D eigenvalue weighted by Gasteiger charge is -2.17. The standard InChI is InChI=1S/C12H22N2O/c1-12(2,3)5-4-10(15)14-11-8-6-13-7-9(8)11/h8-9,11,13H,4-7H2,1-3H3,(H,14,15). The lowest BCUT2D eigenvalue weighted by molar-refractivity contribution is -0.121. The van der Waals surface area contributed by atoms with Crippen molar-refractivity contribution in [2.24, 2.45) is 17.3 Å². The van der Waals surface area contributed by atoms with Crippen LogP contribution in [-0.2, 0) is 4.79 Å². The topological polar surface area (TPSA) is 41.1 Å². The average Bonchev–Trinajstić information content (AvgIpc) is 2.62. The average molecular weight is 210 g/mol. The first-order valence-corrected chi connectivity index (χ1v) is 5.97. The number of hydrogen-bond acceptors (Lipinski definition) is 2. The second-order valence-corrected chi connectivity index (χ2v) is 6.14. The van der Waals surface area contributed by atoms with E-state index in [1.165, 1.54) is 0 Å². The number of rotatable bonds is 3. The lowest BCUT2D eigenvalue weighted by atomic mass is 9.90. The van der Waals surface area contributed by atoms with Crippen molar-refractivity contribution >= 4 is 5.91 Å². The molecule has 3 heteroatoms. The fourth-order valence-electron chi connectivity index (χ4n) is 2.38. The van der Waals surface area contributed by atoms with Crippen molar-refractivity contribution < 1.29 is 4.79 Å². The molecule has 1 aliphatic carbocycles. The number of piperidine rings is 1. The van der Waals surface area contributed by atoms with Gasteiger partial charge in [0, 0.05) is 25.6 Å². The molecular weight excluding hydrogens is 188 g/mol. The molecule has 0 aromatic rings. The third-order valence-electron chi connectivity index (χ3n) is 3.52. The van der Waals surface area contributed by atoms with Crippen LogP contribution in [0.5, 0.6) is 0 Å². The minimum absolute atomic E-state index is 0.240. The molecule has 0 bridgehead atoms. The largest absolute Gasteiger partial charge is 0.353 e. The third-order valence-corrected chi connectivity index (χ3v) is 3.52. The zero-order valence-corrected chi connectivity index (χ0v) is 9.97. The highest BCUT2D eigenvalue weighted by Gasteiger charge is 2.53. The predicted molar refractivity (Wildman–Crippen MR) is 60.5 cm³/mol. The van der Waals surface area contributed by atoms with Crippen molar-refractivity contribution in [1.29, 1.82) is 0 Å². The number of amides is 1. The van der Waals surface area contributed by atoms with Gasteiger partial charge in [-0.1, -0.05) is 20.8 Å². The Morgan fingerprint density at radius 3 is 2.47 bits per heavy atom. The zero-order chi connectivity index (χ0) is 11.1. The third kappa shape index (κ3) is 2.71. The van der Waals surface area contributed by atoms with Crippen molar-refractivity contribution in [2.75, 3.05) is 13.1 Å². The van der Waals surface area contributed by atoms with E-state index in [9.17, 15) is 4.79 Å². The van der Waals surface area contributed by atoms with Crippen LogP contribution in [-0.4, -0.2) is 25.0 Å². The first-order chi connectivity index (χ1) is 6.97. The van der Waals surface area contributed by atoms with Gasteiger partial charge in [0.25, 0.3) is 0 Å². The van der Waals surface area contributed by atoms with Gasteiger partial charge in [-0.2, -0.15) is 0 Å². The molecule has 0 radical (unpaired) electrons. The summed E-state index contributed by atoms with van der Waals surface area (Å²) in [6, 6.07) is 0.485. The number of carbonyl (C=O) groups is 1. The molecule has 2 aliphatic rings. The van der Waals surface area contributed by atoms with Crippen LogP contribution in [0.2, 0.25) is 0 Å². The molecule has 0 spiro atoms. The molecule has 3 nitrogen and oxygen atoms in total. The number of nitrogens with one attached hydrogen (secondary N) is 2. The summed E-state index contributed by atoms with van der Waals surface area (Å²) in [5.41, 5.74) is 0.262. The minimum Gasteiger partial charge on any atom is -0.353 e. The molecule has 1 amide bonds. The molecule has 2 unspecified atom stereocenters. The first-order valence-electron chi connectivity index (χ1n) is 5.97. The van der Waals surface area contributed by atoms with E-state index < -0.39 is 0 Å². The Kier molecular flexibility index (Phi) is 2.75. The van der Waals surface area contributed by atoms with Crippen LogP contribution < -0.4 is 10.6 Å². The zero-order valence-electron chi connectivity index (χ0n) is 9.97. The number of fused-ring (bicyclic) bond motifs is 1. The summed E-state index contributed by atoms with van der Waals surface area (Å²) < 4.78 is 0. The van der Waals surface area contributed by atoms with Crippen molar-refractivity contribution in [1.82, 2.24) is 10.6 Å². The summed E-state index contributed by atoms with van der Waals surface area (Å²) in [5, 5.41) is 6.48. The summed E-state index contributed by atoms with van der Waals surface area (Å²) in [4.78, 5) is 11.6. The molecule has 2 atom stereocenters. The normalized spacial score (nSPS) is 33.7. The van der Waals surface area contributed by atoms with E-state index in [1.807, 2.05) is 0 Å². The smallest absolute Gasteiger partial charge is 0.220 e. The highest BCUT2D eigenvalue weighted by Crippen LogP contribution is 2.41. The van der Waals surface area contributed by atoms with Gasteiger partial charge in [-0.3, -0.25) is 4.79 Å². The molecule has 0 aromatic carbocycles. The fourth-order valence-corrected chi connectivity index (χ4v) is 2.38. The lowest BCUT2D eigenvalue weighted by Crippen LogP contribution is -2.32. The van der Waals surface area contributed by atoms with Gasteiger partial charge in [-0.05, 0) is 23.7 Å². The maximum atomic E-state index is 11.6. The molecule has 1 heterocycles. The molecule has 86 valence electrons. The van der Waals surface area contributed by atoms with E-state index in [-0.39, 0.29) is 11.3 Å². The Bertz CT molecular complexity index is 247. The van der Waals surface area contributed by atoms with Gasteiger partial charge in [0.2, 0.25) is 5.91 Å². The van der Waals surface area contributed by atoms with Crippen LogP contribution in [0, 0.1) is 17.3 Å². The molecule has 2 N–H and O–H groups in total. The molecular formula is C12H22N2O. The molecule has 1 saturated heterocycles. The van der Waals surface area contributed by atoms with E-state index in [4.69, 9.17) is 0 Å². The molecule has 1 saturated carbocycles. The van der Waals surface area contributed by atoms with Crippen molar-refractivity contribution in [3.63, 3.8) is 0 Å². The number of hydrogen-bond donors (Lipinski definition) is 2. The second kappa shape index (κ2) is 3.78. The van der Waals surface area contributed by atoms with Crippen LogP contribution in [0.3, 0.4) is 0 Å². The Morgan fingerprint density at radius 2 is 1.93 bits per heavy atom. The summed E-state index contributed by atoms with van der Waals surface area (Å²) in [6.07, 6.45) is 1.64. The maximum Gasteiger partial charge on any atom is 0.220 e. The monoisotopic (exact) mass is 210 g/mol. The van der Waals surface area contributed by atoms with Gasteiger partial charge < -0.3 is 10.6 Å². The van der Waals surface area contributed by atoms with Crippen LogP contribution >= 0.6 is 0 Å². The van der Waals surface area contributed by atoms with Crippen molar-refractivity contribution in [3.05, 3.63) is 0 Å². The Labute approximate surface area is 92.0 Å². The highest BCUT2D eigenvalue weighted by atomic mass is 16.1. The molecule has 0 aromatic heterocycles. The van der Waals surface area contributed by atoms with Gasteiger partial charge in [-0.25, -0.2) is 0 Å². The summed E-state index contributed by atoms with van der Waals surface area (Å²) in [5.74, 6) is 1.69. The highest BCUT2D eigenvalue weighted by molar-refractivity contribution is 5.76. The molecule has 2 fully saturated rings. The molecule has 15 heavy (non-hydrogen) atoms.